The number of benzene rings is 1. The zero-order chi connectivity index (χ0) is 20.2. The summed E-state index contributed by atoms with van der Waals surface area (Å²) in [5.74, 6) is 2.43. The second-order valence-electron chi connectivity index (χ2n) is 7.90. The molecule has 0 saturated carbocycles. The van der Waals surface area contributed by atoms with E-state index in [-0.39, 0.29) is 5.92 Å². The van der Waals surface area contributed by atoms with Gasteiger partial charge in [-0.05, 0) is 49.1 Å². The summed E-state index contributed by atoms with van der Waals surface area (Å²) >= 11 is 0. The lowest BCUT2D eigenvalue weighted by atomic mass is 10.0. The first kappa shape index (κ1) is 18.3. The van der Waals surface area contributed by atoms with Crippen molar-refractivity contribution in [2.24, 2.45) is 7.05 Å². The SMILES string of the molecule is Cc1cc2nnccc2cc1Nc1ncc2c(n1)c(C1CCS(C)(O)C1)nn2C. The van der Waals surface area contributed by atoms with Gasteiger partial charge in [0.05, 0.1) is 23.6 Å². The summed E-state index contributed by atoms with van der Waals surface area (Å²) in [6, 6.07) is 5.97. The molecule has 0 spiro atoms. The molecule has 2 unspecified atom stereocenters. The largest absolute Gasteiger partial charge is 0.352 e. The normalized spacial score (nSPS) is 24.1. The lowest BCUT2D eigenvalue weighted by molar-refractivity contribution is 0.636. The first-order valence-corrected chi connectivity index (χ1v) is 11.9. The second kappa shape index (κ2) is 6.64. The molecule has 2 N–H and O–H groups in total. The van der Waals surface area contributed by atoms with Crippen molar-refractivity contribution in [3.05, 3.63) is 41.9 Å². The topological polar surface area (TPSA) is 102 Å². The van der Waals surface area contributed by atoms with Gasteiger partial charge in [0, 0.05) is 29.8 Å². The number of hydrogen-bond donors (Lipinski definition) is 2. The van der Waals surface area contributed by atoms with Crippen molar-refractivity contribution in [3.8, 4) is 0 Å². The number of aryl methyl sites for hydroxylation is 2. The van der Waals surface area contributed by atoms with Crippen molar-refractivity contribution in [2.75, 3.05) is 23.1 Å². The third-order valence-electron chi connectivity index (χ3n) is 5.58. The molecule has 4 aromatic rings. The van der Waals surface area contributed by atoms with Crippen molar-refractivity contribution >= 4 is 43.9 Å². The highest BCUT2D eigenvalue weighted by atomic mass is 32.3. The Morgan fingerprint density at radius 2 is 2.17 bits per heavy atom. The van der Waals surface area contributed by atoms with E-state index < -0.39 is 10.3 Å². The van der Waals surface area contributed by atoms with Gasteiger partial charge in [-0.2, -0.15) is 15.3 Å². The Hall–Kier alpha value is -2.78. The molecule has 8 nitrogen and oxygen atoms in total. The van der Waals surface area contributed by atoms with Crippen LogP contribution in [0.4, 0.5) is 11.6 Å². The third-order valence-corrected chi connectivity index (χ3v) is 7.81. The van der Waals surface area contributed by atoms with Crippen LogP contribution in [0.1, 0.15) is 23.6 Å². The number of anilines is 2. The predicted molar refractivity (Wildman–Crippen MR) is 117 cm³/mol. The van der Waals surface area contributed by atoms with Crippen LogP contribution in [0.15, 0.2) is 30.6 Å². The highest BCUT2D eigenvalue weighted by molar-refractivity contribution is 8.28. The molecule has 0 bridgehead atoms. The molecule has 1 saturated heterocycles. The van der Waals surface area contributed by atoms with Gasteiger partial charge >= 0.3 is 0 Å². The van der Waals surface area contributed by atoms with E-state index in [9.17, 15) is 4.55 Å². The van der Waals surface area contributed by atoms with Crippen LogP contribution >= 0.6 is 10.3 Å². The molecular formula is C20H23N7OS. The van der Waals surface area contributed by atoms with Gasteiger partial charge in [-0.3, -0.25) is 4.68 Å². The van der Waals surface area contributed by atoms with E-state index >= 15 is 0 Å². The minimum absolute atomic E-state index is 0.243. The number of hydrogen-bond acceptors (Lipinski definition) is 7. The Balaban J connectivity index is 1.53. The van der Waals surface area contributed by atoms with Gasteiger partial charge in [0.15, 0.2) is 0 Å². The molecule has 150 valence electrons. The standard InChI is InChI=1S/C20H23N7OS/c1-12-8-16-13(4-6-22-25-16)9-15(12)23-20-21-10-17-19(24-20)18(26-27(17)2)14-5-7-29(3,28)11-14/h4,6,8-10,14,28H,5,7,11H2,1-3H3,(H,21,23,24). The van der Waals surface area contributed by atoms with Gasteiger partial charge in [-0.15, -0.1) is 10.3 Å². The van der Waals surface area contributed by atoms with E-state index in [0.717, 1.165) is 56.8 Å². The molecule has 0 radical (unpaired) electrons. The zero-order valence-electron chi connectivity index (χ0n) is 16.6. The summed E-state index contributed by atoms with van der Waals surface area (Å²) in [6.07, 6.45) is 6.42. The van der Waals surface area contributed by atoms with Crippen LogP contribution in [0.5, 0.6) is 0 Å². The summed E-state index contributed by atoms with van der Waals surface area (Å²) in [4.78, 5) is 9.30. The highest BCUT2D eigenvalue weighted by Gasteiger charge is 2.33. The first-order chi connectivity index (χ1) is 13.9. The van der Waals surface area contributed by atoms with Gasteiger partial charge in [0.1, 0.15) is 11.0 Å². The Bertz CT molecular complexity index is 1240. The Morgan fingerprint density at radius 1 is 1.31 bits per heavy atom. The van der Waals surface area contributed by atoms with Gasteiger partial charge in [0.2, 0.25) is 5.95 Å². The highest BCUT2D eigenvalue weighted by Crippen LogP contribution is 2.52. The minimum Gasteiger partial charge on any atom is -0.352 e. The average Bonchev–Trinajstić information content (AvgIpc) is 3.21. The maximum absolute atomic E-state index is 10.5. The average molecular weight is 410 g/mol. The molecule has 2 atom stereocenters. The summed E-state index contributed by atoms with van der Waals surface area (Å²) in [6.45, 7) is 2.02. The van der Waals surface area contributed by atoms with Crippen molar-refractivity contribution in [1.29, 1.82) is 0 Å². The summed E-state index contributed by atoms with van der Waals surface area (Å²) in [5.41, 5.74) is 5.56. The number of nitrogens with one attached hydrogen (secondary N) is 1. The molecule has 29 heavy (non-hydrogen) atoms. The molecule has 0 amide bonds. The van der Waals surface area contributed by atoms with Crippen molar-refractivity contribution in [3.63, 3.8) is 0 Å². The quantitative estimate of drug-likeness (QED) is 0.531. The van der Waals surface area contributed by atoms with Gasteiger partial charge < -0.3 is 9.87 Å². The van der Waals surface area contributed by atoms with Gasteiger partial charge in [-0.1, -0.05) is 0 Å². The van der Waals surface area contributed by atoms with Crippen molar-refractivity contribution in [2.45, 2.75) is 19.3 Å². The molecule has 1 aliphatic rings. The van der Waals surface area contributed by atoms with E-state index in [4.69, 9.17) is 10.1 Å². The van der Waals surface area contributed by atoms with Crippen LogP contribution < -0.4 is 5.32 Å². The molecular weight excluding hydrogens is 386 g/mol. The van der Waals surface area contributed by atoms with Crippen LogP contribution in [-0.2, 0) is 7.05 Å². The third kappa shape index (κ3) is 3.30. The molecule has 0 aliphatic carbocycles. The lowest BCUT2D eigenvalue weighted by Crippen LogP contribution is -2.04. The Morgan fingerprint density at radius 3 is 2.97 bits per heavy atom. The summed E-state index contributed by atoms with van der Waals surface area (Å²) in [7, 11) is 0.406. The second-order valence-corrected chi connectivity index (χ2v) is 11.1. The lowest BCUT2D eigenvalue weighted by Gasteiger charge is -2.21. The monoisotopic (exact) mass is 409 g/mol. The van der Waals surface area contributed by atoms with Gasteiger partial charge in [-0.25, -0.2) is 9.97 Å². The van der Waals surface area contributed by atoms with E-state index in [1.807, 2.05) is 49.3 Å². The van der Waals surface area contributed by atoms with Gasteiger partial charge in [0.25, 0.3) is 0 Å². The maximum atomic E-state index is 10.5. The van der Waals surface area contributed by atoms with E-state index in [1.54, 1.807) is 6.20 Å². The molecule has 1 aliphatic heterocycles. The van der Waals surface area contributed by atoms with Crippen LogP contribution in [0.2, 0.25) is 0 Å². The molecule has 1 aromatic carbocycles. The molecule has 4 heterocycles. The summed E-state index contributed by atoms with van der Waals surface area (Å²) < 4.78 is 12.3. The Labute approximate surface area is 169 Å². The molecule has 1 fully saturated rings. The van der Waals surface area contributed by atoms with E-state index in [1.165, 1.54) is 0 Å². The Kier molecular flexibility index (Phi) is 4.18. The molecule has 9 heteroatoms. The van der Waals surface area contributed by atoms with Crippen molar-refractivity contribution in [1.82, 2.24) is 29.9 Å². The maximum Gasteiger partial charge on any atom is 0.227 e. The van der Waals surface area contributed by atoms with Crippen LogP contribution in [0, 0.1) is 6.92 Å². The smallest absolute Gasteiger partial charge is 0.227 e. The fraction of sp³-hybridized carbons (Fsp3) is 0.350. The number of nitrogens with zero attached hydrogens (tertiary/aromatic N) is 6. The van der Waals surface area contributed by atoms with Crippen LogP contribution in [0.3, 0.4) is 0 Å². The van der Waals surface area contributed by atoms with Crippen molar-refractivity contribution < 1.29 is 4.55 Å². The molecule has 3 aromatic heterocycles. The van der Waals surface area contributed by atoms with E-state index in [2.05, 4.69) is 20.5 Å². The zero-order valence-corrected chi connectivity index (χ0v) is 17.4. The first-order valence-electron chi connectivity index (χ1n) is 9.54. The van der Waals surface area contributed by atoms with E-state index in [0.29, 0.717) is 5.95 Å². The fourth-order valence-electron chi connectivity index (χ4n) is 4.00. The van der Waals surface area contributed by atoms with Crippen LogP contribution in [0.25, 0.3) is 21.9 Å². The predicted octanol–water partition coefficient (Wildman–Crippen LogP) is 3.75. The number of rotatable bonds is 3. The summed E-state index contributed by atoms with van der Waals surface area (Å²) in [5, 5.41) is 17.2. The van der Waals surface area contributed by atoms with Crippen LogP contribution in [-0.4, -0.2) is 52.3 Å². The number of fused-ring (bicyclic) bond motifs is 2. The number of aromatic nitrogens is 6. The minimum atomic E-state index is -1.51. The molecule has 5 rings (SSSR count). The fourth-order valence-corrected chi connectivity index (χ4v) is 6.15.